The molecule has 13 heavy (non-hydrogen) atoms. The zero-order chi connectivity index (χ0) is 9.26. The first-order chi connectivity index (χ1) is 6.29. The molecule has 3 N–H and O–H groups in total. The van der Waals surface area contributed by atoms with Crippen molar-refractivity contribution in [2.24, 2.45) is 11.7 Å². The summed E-state index contributed by atoms with van der Waals surface area (Å²) in [5.41, 5.74) is 5.36. The Labute approximate surface area is 79.9 Å². The van der Waals surface area contributed by atoms with Gasteiger partial charge in [0.2, 0.25) is 0 Å². The molecule has 1 aliphatic carbocycles. The second-order valence-corrected chi connectivity index (χ2v) is 4.51. The molecular formula is C10H20N2O. The number of nitrogens with two attached hydrogens (primary N) is 1. The maximum absolute atomic E-state index is 9.34. The number of fused-ring (bicyclic) bond motifs is 2. The van der Waals surface area contributed by atoms with Crippen molar-refractivity contribution in [3.05, 3.63) is 0 Å². The van der Waals surface area contributed by atoms with Crippen molar-refractivity contribution < 1.29 is 5.11 Å². The van der Waals surface area contributed by atoms with E-state index in [9.17, 15) is 5.11 Å². The fourth-order valence-corrected chi connectivity index (χ4v) is 2.73. The molecule has 0 aromatic carbocycles. The normalized spacial score (nSPS) is 35.5. The van der Waals surface area contributed by atoms with E-state index < -0.39 is 0 Å². The molecule has 1 saturated carbocycles. The Morgan fingerprint density at radius 2 is 2.31 bits per heavy atom. The van der Waals surface area contributed by atoms with Crippen LogP contribution in [0.15, 0.2) is 0 Å². The van der Waals surface area contributed by atoms with Crippen molar-refractivity contribution in [2.45, 2.75) is 37.8 Å². The first-order valence-corrected chi connectivity index (χ1v) is 5.41. The van der Waals surface area contributed by atoms with Gasteiger partial charge in [-0.2, -0.15) is 0 Å². The van der Waals surface area contributed by atoms with Gasteiger partial charge in [-0.05, 0) is 31.6 Å². The van der Waals surface area contributed by atoms with Crippen LogP contribution in [0.5, 0.6) is 0 Å². The van der Waals surface area contributed by atoms with Crippen molar-refractivity contribution in [1.82, 2.24) is 4.90 Å². The number of aliphatic hydroxyl groups excluding tert-OH is 1. The number of piperidine rings is 1. The summed E-state index contributed by atoms with van der Waals surface area (Å²) >= 11 is 0. The van der Waals surface area contributed by atoms with E-state index in [4.69, 9.17) is 5.73 Å². The van der Waals surface area contributed by atoms with E-state index >= 15 is 0 Å². The van der Waals surface area contributed by atoms with Crippen molar-refractivity contribution >= 4 is 0 Å². The molecule has 0 radical (unpaired) electrons. The summed E-state index contributed by atoms with van der Waals surface area (Å²) in [5, 5.41) is 9.34. The fraction of sp³-hybridized carbons (Fsp3) is 1.00. The van der Waals surface area contributed by atoms with Crippen molar-refractivity contribution in [1.29, 1.82) is 0 Å². The van der Waals surface area contributed by atoms with E-state index in [1.165, 1.54) is 25.8 Å². The smallest absolute Gasteiger partial charge is 0.0674 e. The van der Waals surface area contributed by atoms with E-state index in [0.29, 0.717) is 6.54 Å². The number of aliphatic hydroxyl groups is 1. The number of likely N-dealkylation sites (tertiary alicyclic amines) is 1. The Bertz CT molecular complexity index is 174. The highest BCUT2D eigenvalue weighted by Crippen LogP contribution is 2.37. The predicted molar refractivity (Wildman–Crippen MR) is 52.4 cm³/mol. The molecule has 0 aromatic rings. The standard InChI is InChI=1S/C10H20N2O/c11-6-10(13)3-4-12-7-8-1-2-9(12)5-8/h8-10,13H,1-7,11H2. The summed E-state index contributed by atoms with van der Waals surface area (Å²) < 4.78 is 0. The van der Waals surface area contributed by atoms with Crippen molar-refractivity contribution in [3.63, 3.8) is 0 Å². The third kappa shape index (κ3) is 2.03. The molecule has 2 rings (SSSR count). The fourth-order valence-electron chi connectivity index (χ4n) is 2.73. The zero-order valence-electron chi connectivity index (χ0n) is 8.15. The van der Waals surface area contributed by atoms with Crippen LogP contribution >= 0.6 is 0 Å². The number of nitrogens with zero attached hydrogens (tertiary/aromatic N) is 1. The van der Waals surface area contributed by atoms with E-state index in [2.05, 4.69) is 4.90 Å². The van der Waals surface area contributed by atoms with Crippen LogP contribution in [0.1, 0.15) is 25.7 Å². The van der Waals surface area contributed by atoms with Crippen LogP contribution in [0.3, 0.4) is 0 Å². The molecule has 0 aromatic heterocycles. The maximum atomic E-state index is 9.34. The summed E-state index contributed by atoms with van der Waals surface area (Å²) in [4.78, 5) is 2.53. The zero-order valence-corrected chi connectivity index (χ0v) is 8.15. The van der Waals surface area contributed by atoms with Crippen molar-refractivity contribution in [2.75, 3.05) is 19.6 Å². The first kappa shape index (κ1) is 9.44. The minimum atomic E-state index is -0.292. The average Bonchev–Trinajstić information content (AvgIpc) is 2.74. The summed E-state index contributed by atoms with van der Waals surface area (Å²) in [6.07, 6.45) is 4.77. The monoisotopic (exact) mass is 184 g/mol. The van der Waals surface area contributed by atoms with Crippen molar-refractivity contribution in [3.8, 4) is 0 Å². The van der Waals surface area contributed by atoms with Gasteiger partial charge in [0.05, 0.1) is 6.10 Å². The van der Waals surface area contributed by atoms with E-state index in [1.807, 2.05) is 0 Å². The lowest BCUT2D eigenvalue weighted by Crippen LogP contribution is -2.35. The van der Waals surface area contributed by atoms with Gasteiger partial charge in [-0.3, -0.25) is 0 Å². The minimum Gasteiger partial charge on any atom is -0.392 e. The lowest BCUT2D eigenvalue weighted by Gasteiger charge is -2.27. The van der Waals surface area contributed by atoms with Gasteiger partial charge in [0, 0.05) is 25.7 Å². The Morgan fingerprint density at radius 1 is 1.46 bits per heavy atom. The van der Waals surface area contributed by atoms with E-state index in [-0.39, 0.29) is 6.10 Å². The van der Waals surface area contributed by atoms with Crippen LogP contribution < -0.4 is 5.73 Å². The summed E-state index contributed by atoms with van der Waals surface area (Å²) in [5.74, 6) is 0.958. The molecule has 3 atom stereocenters. The van der Waals surface area contributed by atoms with Gasteiger partial charge in [0.15, 0.2) is 0 Å². The molecule has 3 heteroatoms. The highest BCUT2D eigenvalue weighted by atomic mass is 16.3. The van der Waals surface area contributed by atoms with Gasteiger partial charge < -0.3 is 15.7 Å². The van der Waals surface area contributed by atoms with Gasteiger partial charge in [0.1, 0.15) is 0 Å². The van der Waals surface area contributed by atoms with Gasteiger partial charge in [0.25, 0.3) is 0 Å². The van der Waals surface area contributed by atoms with Gasteiger partial charge in [-0.15, -0.1) is 0 Å². The number of hydrogen-bond donors (Lipinski definition) is 2. The van der Waals surface area contributed by atoms with E-state index in [0.717, 1.165) is 24.9 Å². The molecule has 0 amide bonds. The molecule has 1 aliphatic heterocycles. The Hall–Kier alpha value is -0.120. The first-order valence-electron chi connectivity index (χ1n) is 5.41. The van der Waals surface area contributed by atoms with E-state index in [1.54, 1.807) is 0 Å². The third-order valence-corrected chi connectivity index (χ3v) is 3.54. The Kier molecular flexibility index (Phi) is 2.86. The lowest BCUT2D eigenvalue weighted by molar-refractivity contribution is 0.133. The number of rotatable bonds is 4. The highest BCUT2D eigenvalue weighted by Gasteiger charge is 2.37. The Morgan fingerprint density at radius 3 is 2.85 bits per heavy atom. The quantitative estimate of drug-likeness (QED) is 0.655. The van der Waals surface area contributed by atoms with Crippen LogP contribution in [-0.4, -0.2) is 41.8 Å². The third-order valence-electron chi connectivity index (χ3n) is 3.54. The number of hydrogen-bond acceptors (Lipinski definition) is 3. The van der Waals surface area contributed by atoms with Gasteiger partial charge in [-0.25, -0.2) is 0 Å². The second-order valence-electron chi connectivity index (χ2n) is 4.51. The summed E-state index contributed by atoms with van der Waals surface area (Å²) in [7, 11) is 0. The van der Waals surface area contributed by atoms with Crippen LogP contribution in [0, 0.1) is 5.92 Å². The molecule has 1 heterocycles. The molecule has 1 saturated heterocycles. The molecule has 2 bridgehead atoms. The van der Waals surface area contributed by atoms with Crippen LogP contribution in [0.4, 0.5) is 0 Å². The molecule has 2 aliphatic rings. The van der Waals surface area contributed by atoms with Gasteiger partial charge >= 0.3 is 0 Å². The minimum absolute atomic E-state index is 0.292. The molecule has 76 valence electrons. The van der Waals surface area contributed by atoms with Crippen LogP contribution in [-0.2, 0) is 0 Å². The van der Waals surface area contributed by atoms with Crippen LogP contribution in [0.2, 0.25) is 0 Å². The molecule has 0 spiro atoms. The summed E-state index contributed by atoms with van der Waals surface area (Å²) in [6.45, 7) is 2.71. The van der Waals surface area contributed by atoms with Crippen LogP contribution in [0.25, 0.3) is 0 Å². The topological polar surface area (TPSA) is 49.5 Å². The highest BCUT2D eigenvalue weighted by molar-refractivity contribution is 4.92. The predicted octanol–water partition coefficient (Wildman–Crippen LogP) is 0.180. The molecule has 3 unspecified atom stereocenters. The Balaban J connectivity index is 1.71. The molecular weight excluding hydrogens is 164 g/mol. The van der Waals surface area contributed by atoms with Gasteiger partial charge in [-0.1, -0.05) is 0 Å². The molecule has 2 fully saturated rings. The average molecular weight is 184 g/mol. The maximum Gasteiger partial charge on any atom is 0.0674 e. The summed E-state index contributed by atoms with van der Waals surface area (Å²) in [6, 6.07) is 0.829. The largest absolute Gasteiger partial charge is 0.392 e. The molecule has 3 nitrogen and oxygen atoms in total. The SMILES string of the molecule is NCC(O)CCN1CC2CCC1C2. The lowest BCUT2D eigenvalue weighted by atomic mass is 10.1. The second kappa shape index (κ2) is 3.95.